The number of rotatable bonds is 5. The third-order valence-corrected chi connectivity index (χ3v) is 5.12. The van der Waals surface area contributed by atoms with Gasteiger partial charge < -0.3 is 0 Å². The lowest BCUT2D eigenvalue weighted by molar-refractivity contribution is 0.102. The van der Waals surface area contributed by atoms with E-state index in [0.29, 0.717) is 10.7 Å². The van der Waals surface area contributed by atoms with Crippen LogP contribution in [0.5, 0.6) is 0 Å². The lowest BCUT2D eigenvalue weighted by Gasteiger charge is -2.02. The fraction of sp³-hybridized carbons (Fsp3) is 0.158. The summed E-state index contributed by atoms with van der Waals surface area (Å²) in [6.45, 7) is 2.09. The van der Waals surface area contributed by atoms with Crippen molar-refractivity contribution in [1.29, 1.82) is 0 Å². The molecule has 1 aromatic heterocycles. The molecule has 0 radical (unpaired) electrons. The van der Waals surface area contributed by atoms with Gasteiger partial charge in [-0.1, -0.05) is 35.3 Å². The first kappa shape index (κ1) is 20.6. The van der Waals surface area contributed by atoms with Crippen LogP contribution >= 0.6 is 39.7 Å². The second kappa shape index (κ2) is 9.26. The fourth-order valence-corrected chi connectivity index (χ4v) is 3.91. The zero-order chi connectivity index (χ0) is 17.8. The van der Waals surface area contributed by atoms with Gasteiger partial charge in [0, 0.05) is 20.5 Å². The Balaban J connectivity index is 0.00000243. The molecule has 3 rings (SSSR count). The molecular weight excluding hydrogens is 439 g/mol. The Morgan fingerprint density at radius 3 is 2.62 bits per heavy atom. The van der Waals surface area contributed by atoms with E-state index in [2.05, 4.69) is 33.2 Å². The minimum Gasteiger partial charge on any atom is -0.298 e. The van der Waals surface area contributed by atoms with Gasteiger partial charge in [-0.25, -0.2) is 9.37 Å². The van der Waals surface area contributed by atoms with Crippen molar-refractivity contribution in [3.05, 3.63) is 69.3 Å². The number of nitrogens with zero attached hydrogens (tertiary/aromatic N) is 1. The highest BCUT2D eigenvalue weighted by atomic mass is 79.9. The van der Waals surface area contributed by atoms with Crippen molar-refractivity contribution in [2.45, 2.75) is 19.8 Å². The highest BCUT2D eigenvalue weighted by Gasteiger charge is 2.15. The molecule has 0 saturated heterocycles. The van der Waals surface area contributed by atoms with Crippen LogP contribution in [0.2, 0.25) is 0 Å². The van der Waals surface area contributed by atoms with Crippen molar-refractivity contribution in [3.8, 4) is 11.3 Å². The molecule has 1 N–H and O–H groups in total. The maximum Gasteiger partial charge on any atom is 0.257 e. The Kier molecular flexibility index (Phi) is 7.32. The molecule has 0 aliphatic heterocycles. The number of carbonyl (C=O) groups is 1. The largest absolute Gasteiger partial charge is 0.298 e. The summed E-state index contributed by atoms with van der Waals surface area (Å²) >= 11 is 4.83. The van der Waals surface area contributed by atoms with Gasteiger partial charge in [0.1, 0.15) is 5.82 Å². The Labute approximate surface area is 170 Å². The van der Waals surface area contributed by atoms with Gasteiger partial charge >= 0.3 is 0 Å². The SMILES string of the molecule is CCCc1sc(NC(=O)c2cccc(Br)c2)nc1-c1ccc(F)cc1.Cl. The molecule has 0 spiro atoms. The van der Waals surface area contributed by atoms with Crippen LogP contribution in [0.25, 0.3) is 11.3 Å². The molecule has 2 aromatic carbocycles. The number of nitrogens with one attached hydrogen (secondary N) is 1. The highest BCUT2D eigenvalue weighted by molar-refractivity contribution is 9.10. The number of aromatic nitrogens is 1. The summed E-state index contributed by atoms with van der Waals surface area (Å²) in [4.78, 5) is 18.1. The summed E-state index contributed by atoms with van der Waals surface area (Å²) in [5.41, 5.74) is 2.21. The van der Waals surface area contributed by atoms with Crippen LogP contribution in [0.3, 0.4) is 0 Å². The molecule has 3 aromatic rings. The molecule has 7 heteroatoms. The minimum atomic E-state index is -0.279. The van der Waals surface area contributed by atoms with Crippen LogP contribution in [0, 0.1) is 5.82 Å². The van der Waals surface area contributed by atoms with Crippen LogP contribution in [0.1, 0.15) is 28.6 Å². The van der Waals surface area contributed by atoms with Gasteiger partial charge in [-0.15, -0.1) is 23.7 Å². The molecule has 3 nitrogen and oxygen atoms in total. The third kappa shape index (κ3) is 4.90. The van der Waals surface area contributed by atoms with Gasteiger partial charge in [-0.2, -0.15) is 0 Å². The number of amides is 1. The van der Waals surface area contributed by atoms with E-state index in [1.165, 1.54) is 23.5 Å². The van der Waals surface area contributed by atoms with Crippen LogP contribution in [0.15, 0.2) is 53.0 Å². The molecule has 136 valence electrons. The smallest absolute Gasteiger partial charge is 0.257 e. The minimum absolute atomic E-state index is 0. The van der Waals surface area contributed by atoms with Crippen molar-refractivity contribution < 1.29 is 9.18 Å². The molecule has 0 fully saturated rings. The van der Waals surface area contributed by atoms with Gasteiger partial charge in [0.25, 0.3) is 5.91 Å². The van der Waals surface area contributed by atoms with Gasteiger partial charge in [0.05, 0.1) is 5.69 Å². The number of hydrogen-bond donors (Lipinski definition) is 1. The number of hydrogen-bond acceptors (Lipinski definition) is 3. The number of anilines is 1. The van der Waals surface area contributed by atoms with E-state index in [9.17, 15) is 9.18 Å². The van der Waals surface area contributed by atoms with Crippen molar-refractivity contribution in [2.24, 2.45) is 0 Å². The second-order valence-electron chi connectivity index (χ2n) is 5.51. The van der Waals surface area contributed by atoms with E-state index in [0.717, 1.165) is 33.4 Å². The van der Waals surface area contributed by atoms with Gasteiger partial charge in [-0.3, -0.25) is 10.1 Å². The van der Waals surface area contributed by atoms with Crippen LogP contribution in [0.4, 0.5) is 9.52 Å². The number of thiazole rings is 1. The molecule has 1 heterocycles. The Morgan fingerprint density at radius 1 is 1.23 bits per heavy atom. The van der Waals surface area contributed by atoms with Crippen molar-refractivity contribution >= 4 is 50.7 Å². The summed E-state index contributed by atoms with van der Waals surface area (Å²) in [6, 6.07) is 13.5. The Hall–Kier alpha value is -1.76. The standard InChI is InChI=1S/C19H16BrFN2OS.ClH/c1-2-4-16-17(12-7-9-15(21)10-8-12)22-19(25-16)23-18(24)13-5-3-6-14(20)11-13;/h3,5-11H,2,4H2,1H3,(H,22,23,24);1H. The van der Waals surface area contributed by atoms with Gasteiger partial charge in [-0.05, 0) is 48.9 Å². The first-order valence-corrected chi connectivity index (χ1v) is 9.50. The summed E-state index contributed by atoms with van der Waals surface area (Å²) in [5, 5.41) is 3.41. The normalized spacial score (nSPS) is 10.3. The van der Waals surface area contributed by atoms with Crippen molar-refractivity contribution in [3.63, 3.8) is 0 Å². The quantitative estimate of drug-likeness (QED) is 0.488. The molecule has 1 amide bonds. The summed E-state index contributed by atoms with van der Waals surface area (Å²) in [7, 11) is 0. The summed E-state index contributed by atoms with van der Waals surface area (Å²) < 4.78 is 14.0. The molecule has 0 aliphatic carbocycles. The molecule has 0 aliphatic rings. The molecular formula is C19H17BrClFN2OS. The average molecular weight is 456 g/mol. The maximum atomic E-state index is 13.2. The monoisotopic (exact) mass is 454 g/mol. The lowest BCUT2D eigenvalue weighted by atomic mass is 10.1. The van der Waals surface area contributed by atoms with E-state index in [1.807, 2.05) is 12.1 Å². The van der Waals surface area contributed by atoms with Crippen LogP contribution in [-0.2, 0) is 6.42 Å². The van der Waals surface area contributed by atoms with E-state index < -0.39 is 0 Å². The predicted octanol–water partition coefficient (Wildman–Crippen LogP) is 6.34. The number of carbonyl (C=O) groups excluding carboxylic acids is 1. The van der Waals surface area contributed by atoms with Crippen LogP contribution < -0.4 is 5.32 Å². The van der Waals surface area contributed by atoms with Gasteiger partial charge in [0.2, 0.25) is 0 Å². The fourth-order valence-electron chi connectivity index (χ4n) is 2.43. The lowest BCUT2D eigenvalue weighted by Crippen LogP contribution is -2.11. The van der Waals surface area contributed by atoms with Gasteiger partial charge in [0.15, 0.2) is 5.13 Å². The zero-order valence-electron chi connectivity index (χ0n) is 14.0. The van der Waals surface area contributed by atoms with E-state index in [-0.39, 0.29) is 24.1 Å². The topological polar surface area (TPSA) is 42.0 Å². The first-order chi connectivity index (χ1) is 12.1. The average Bonchev–Trinajstić information content (AvgIpc) is 2.98. The highest BCUT2D eigenvalue weighted by Crippen LogP contribution is 2.32. The second-order valence-corrected chi connectivity index (χ2v) is 7.51. The number of benzene rings is 2. The molecule has 26 heavy (non-hydrogen) atoms. The van der Waals surface area contributed by atoms with Crippen molar-refractivity contribution in [1.82, 2.24) is 4.98 Å². The predicted molar refractivity (Wildman–Crippen MR) is 111 cm³/mol. The van der Waals surface area contributed by atoms with E-state index in [4.69, 9.17) is 0 Å². The van der Waals surface area contributed by atoms with Crippen molar-refractivity contribution in [2.75, 3.05) is 5.32 Å². The summed E-state index contributed by atoms with van der Waals surface area (Å²) in [5.74, 6) is -0.483. The maximum absolute atomic E-state index is 13.2. The zero-order valence-corrected chi connectivity index (χ0v) is 17.2. The third-order valence-electron chi connectivity index (χ3n) is 3.60. The Bertz CT molecular complexity index is 899. The molecule has 0 saturated carbocycles. The first-order valence-electron chi connectivity index (χ1n) is 7.89. The van der Waals surface area contributed by atoms with Crippen LogP contribution in [-0.4, -0.2) is 10.9 Å². The van der Waals surface area contributed by atoms with E-state index >= 15 is 0 Å². The Morgan fingerprint density at radius 2 is 1.96 bits per heavy atom. The summed E-state index contributed by atoms with van der Waals surface area (Å²) in [6.07, 6.45) is 1.83. The molecule has 0 atom stereocenters. The number of halogens is 3. The molecule has 0 unspecified atom stereocenters. The number of aryl methyl sites for hydroxylation is 1. The molecule has 0 bridgehead atoms. The van der Waals surface area contributed by atoms with E-state index in [1.54, 1.807) is 24.3 Å².